The molecule has 15 heavy (non-hydrogen) atoms. The average Bonchev–Trinajstić information content (AvgIpc) is 2.15. The zero-order chi connectivity index (χ0) is 10.7. The Balaban J connectivity index is 1.53. The predicted octanol–water partition coefficient (Wildman–Crippen LogP) is 3.59. The lowest BCUT2D eigenvalue weighted by molar-refractivity contribution is 0.223. The fourth-order valence-corrected chi connectivity index (χ4v) is 3.38. The molecule has 2 fully saturated rings. The third kappa shape index (κ3) is 3.48. The third-order valence-electron chi connectivity index (χ3n) is 4.40. The molecule has 0 spiro atoms. The highest BCUT2D eigenvalue weighted by molar-refractivity contribution is 4.82. The Labute approximate surface area is 95.0 Å². The van der Waals surface area contributed by atoms with Gasteiger partial charge in [-0.15, -0.1) is 0 Å². The van der Waals surface area contributed by atoms with Gasteiger partial charge in [0.2, 0.25) is 0 Å². The molecule has 2 rings (SSSR count). The van der Waals surface area contributed by atoms with Crippen LogP contribution in [-0.2, 0) is 0 Å². The molecule has 0 aromatic rings. The second-order valence-corrected chi connectivity index (χ2v) is 6.15. The van der Waals surface area contributed by atoms with Gasteiger partial charge in [0.25, 0.3) is 0 Å². The normalized spacial score (nSPS) is 41.2. The largest absolute Gasteiger partial charge is 0.314 e. The summed E-state index contributed by atoms with van der Waals surface area (Å²) in [6, 6.07) is 0.862. The quantitative estimate of drug-likeness (QED) is 0.746. The summed E-state index contributed by atoms with van der Waals surface area (Å²) < 4.78 is 0. The van der Waals surface area contributed by atoms with Gasteiger partial charge >= 0.3 is 0 Å². The SMILES string of the molecule is CC1CCCC(CCNC2CC(C)C2)C1. The van der Waals surface area contributed by atoms with Crippen molar-refractivity contribution in [2.45, 2.75) is 64.8 Å². The van der Waals surface area contributed by atoms with E-state index in [-0.39, 0.29) is 0 Å². The van der Waals surface area contributed by atoms with Crippen molar-refractivity contribution in [1.29, 1.82) is 0 Å². The van der Waals surface area contributed by atoms with E-state index in [4.69, 9.17) is 0 Å². The van der Waals surface area contributed by atoms with Crippen LogP contribution in [0, 0.1) is 17.8 Å². The highest BCUT2D eigenvalue weighted by Gasteiger charge is 2.25. The minimum absolute atomic E-state index is 0.862. The minimum atomic E-state index is 0.862. The lowest BCUT2D eigenvalue weighted by atomic mass is 9.80. The maximum absolute atomic E-state index is 3.71. The molecule has 88 valence electrons. The third-order valence-corrected chi connectivity index (χ3v) is 4.40. The van der Waals surface area contributed by atoms with E-state index in [1.54, 1.807) is 0 Å². The Morgan fingerprint density at radius 2 is 1.80 bits per heavy atom. The first-order valence-corrected chi connectivity index (χ1v) is 6.97. The van der Waals surface area contributed by atoms with E-state index in [2.05, 4.69) is 19.2 Å². The van der Waals surface area contributed by atoms with Crippen LogP contribution in [0.5, 0.6) is 0 Å². The summed E-state index contributed by atoms with van der Waals surface area (Å²) in [7, 11) is 0. The van der Waals surface area contributed by atoms with Crippen LogP contribution in [0.2, 0.25) is 0 Å². The molecule has 2 aliphatic carbocycles. The summed E-state index contributed by atoms with van der Waals surface area (Å²) in [6.07, 6.45) is 10.2. The van der Waals surface area contributed by atoms with Crippen LogP contribution in [0.3, 0.4) is 0 Å². The molecular weight excluding hydrogens is 182 g/mol. The van der Waals surface area contributed by atoms with Crippen LogP contribution in [-0.4, -0.2) is 12.6 Å². The van der Waals surface area contributed by atoms with Crippen LogP contribution < -0.4 is 5.32 Å². The summed E-state index contributed by atoms with van der Waals surface area (Å²) in [5.41, 5.74) is 0. The molecule has 0 bridgehead atoms. The first-order chi connectivity index (χ1) is 7.24. The second kappa shape index (κ2) is 5.34. The van der Waals surface area contributed by atoms with Crippen molar-refractivity contribution in [2.24, 2.45) is 17.8 Å². The van der Waals surface area contributed by atoms with Crippen LogP contribution in [0.15, 0.2) is 0 Å². The van der Waals surface area contributed by atoms with Crippen LogP contribution >= 0.6 is 0 Å². The minimum Gasteiger partial charge on any atom is -0.314 e. The van der Waals surface area contributed by atoms with E-state index < -0.39 is 0 Å². The van der Waals surface area contributed by atoms with Gasteiger partial charge in [-0.3, -0.25) is 0 Å². The van der Waals surface area contributed by atoms with Crippen molar-refractivity contribution in [3.05, 3.63) is 0 Å². The molecule has 2 unspecified atom stereocenters. The maximum Gasteiger partial charge on any atom is 0.00721 e. The van der Waals surface area contributed by atoms with E-state index in [1.165, 1.54) is 51.5 Å². The predicted molar refractivity (Wildman–Crippen MR) is 65.9 cm³/mol. The molecule has 1 nitrogen and oxygen atoms in total. The maximum atomic E-state index is 3.71. The van der Waals surface area contributed by atoms with Gasteiger partial charge < -0.3 is 5.32 Å². The fraction of sp³-hybridized carbons (Fsp3) is 1.00. The molecule has 0 amide bonds. The lowest BCUT2D eigenvalue weighted by Crippen LogP contribution is -2.41. The Bertz CT molecular complexity index is 184. The zero-order valence-electron chi connectivity index (χ0n) is 10.5. The van der Waals surface area contributed by atoms with Crippen molar-refractivity contribution in [3.8, 4) is 0 Å². The van der Waals surface area contributed by atoms with Gasteiger partial charge in [0.15, 0.2) is 0 Å². The average molecular weight is 209 g/mol. The van der Waals surface area contributed by atoms with E-state index >= 15 is 0 Å². The Hall–Kier alpha value is -0.0400. The molecule has 2 aliphatic rings. The molecule has 0 heterocycles. The summed E-state index contributed by atoms with van der Waals surface area (Å²) in [4.78, 5) is 0. The first kappa shape index (κ1) is 11.4. The van der Waals surface area contributed by atoms with Crippen molar-refractivity contribution in [2.75, 3.05) is 6.54 Å². The first-order valence-electron chi connectivity index (χ1n) is 6.97. The molecule has 2 atom stereocenters. The summed E-state index contributed by atoms with van der Waals surface area (Å²) in [5.74, 6) is 3.00. The fourth-order valence-electron chi connectivity index (χ4n) is 3.38. The zero-order valence-corrected chi connectivity index (χ0v) is 10.5. The van der Waals surface area contributed by atoms with Crippen LogP contribution in [0.25, 0.3) is 0 Å². The van der Waals surface area contributed by atoms with Crippen molar-refractivity contribution < 1.29 is 0 Å². The van der Waals surface area contributed by atoms with E-state index in [0.717, 1.165) is 23.8 Å². The van der Waals surface area contributed by atoms with Gasteiger partial charge in [-0.05, 0) is 50.0 Å². The summed E-state index contributed by atoms with van der Waals surface area (Å²) in [6.45, 7) is 6.06. The van der Waals surface area contributed by atoms with Gasteiger partial charge in [0, 0.05) is 6.04 Å². The number of hydrogen-bond donors (Lipinski definition) is 1. The van der Waals surface area contributed by atoms with E-state index in [1.807, 2.05) is 0 Å². The number of hydrogen-bond acceptors (Lipinski definition) is 1. The van der Waals surface area contributed by atoms with Gasteiger partial charge in [0.1, 0.15) is 0 Å². The van der Waals surface area contributed by atoms with Gasteiger partial charge in [-0.1, -0.05) is 33.1 Å². The molecule has 1 heteroatoms. The topological polar surface area (TPSA) is 12.0 Å². The highest BCUT2D eigenvalue weighted by Crippen LogP contribution is 2.31. The van der Waals surface area contributed by atoms with Gasteiger partial charge in [-0.2, -0.15) is 0 Å². The Morgan fingerprint density at radius 1 is 1.00 bits per heavy atom. The molecule has 0 aromatic carbocycles. The van der Waals surface area contributed by atoms with Crippen molar-refractivity contribution in [1.82, 2.24) is 5.32 Å². The van der Waals surface area contributed by atoms with Crippen molar-refractivity contribution >= 4 is 0 Å². The Morgan fingerprint density at radius 3 is 2.47 bits per heavy atom. The lowest BCUT2D eigenvalue weighted by Gasteiger charge is -2.34. The van der Waals surface area contributed by atoms with Crippen LogP contribution in [0.1, 0.15) is 58.8 Å². The molecule has 2 saturated carbocycles. The molecule has 0 radical (unpaired) electrons. The smallest absolute Gasteiger partial charge is 0.00721 e. The summed E-state index contributed by atoms with van der Waals surface area (Å²) >= 11 is 0. The second-order valence-electron chi connectivity index (χ2n) is 6.15. The molecule has 0 aromatic heterocycles. The summed E-state index contributed by atoms with van der Waals surface area (Å²) in [5, 5.41) is 3.71. The highest BCUT2D eigenvalue weighted by atomic mass is 14.9. The van der Waals surface area contributed by atoms with E-state index in [9.17, 15) is 0 Å². The van der Waals surface area contributed by atoms with Crippen LogP contribution in [0.4, 0.5) is 0 Å². The number of rotatable bonds is 4. The Kier molecular flexibility index (Phi) is 4.07. The molecular formula is C14H27N. The number of nitrogens with one attached hydrogen (secondary N) is 1. The molecule has 0 aliphatic heterocycles. The monoisotopic (exact) mass is 209 g/mol. The standard InChI is InChI=1S/C14H27N/c1-11-4-3-5-13(8-11)6-7-15-14-9-12(2)10-14/h11-15H,3-10H2,1-2H3. The molecule has 1 N–H and O–H groups in total. The van der Waals surface area contributed by atoms with E-state index in [0.29, 0.717) is 0 Å². The van der Waals surface area contributed by atoms with Gasteiger partial charge in [-0.25, -0.2) is 0 Å². The molecule has 0 saturated heterocycles. The van der Waals surface area contributed by atoms with Gasteiger partial charge in [0.05, 0.1) is 0 Å². The van der Waals surface area contributed by atoms with Crippen molar-refractivity contribution in [3.63, 3.8) is 0 Å².